The number of fused-ring (bicyclic) bond motifs is 2. The summed E-state index contributed by atoms with van der Waals surface area (Å²) in [5, 5.41) is 0. The van der Waals surface area contributed by atoms with Crippen LogP contribution in [-0.4, -0.2) is 12.1 Å². The molecular weight excluding hydrogens is 138 g/mol. The van der Waals surface area contributed by atoms with Crippen molar-refractivity contribution in [1.29, 1.82) is 0 Å². The summed E-state index contributed by atoms with van der Waals surface area (Å²) in [7, 11) is 0. The van der Waals surface area contributed by atoms with Gasteiger partial charge in [-0.1, -0.05) is 6.92 Å². The molecular formula is C9H13NO. The number of hydrogen-bond acceptors (Lipinski definition) is 2. The van der Waals surface area contributed by atoms with E-state index in [0.29, 0.717) is 12.0 Å². The fourth-order valence-electron chi connectivity index (χ4n) is 2.76. The maximum Gasteiger partial charge on any atom is 0.235 e. The molecule has 11 heavy (non-hydrogen) atoms. The minimum atomic E-state index is 0.327. The van der Waals surface area contributed by atoms with Gasteiger partial charge < -0.3 is 0 Å². The molecule has 0 heterocycles. The molecule has 2 bridgehead atoms. The van der Waals surface area contributed by atoms with Crippen molar-refractivity contribution in [3.63, 3.8) is 0 Å². The fraction of sp³-hybridized carbons (Fsp3) is 0.889. The SMILES string of the molecule is CC1CC2CC1CC2N=C=O. The first-order valence-electron chi connectivity index (χ1n) is 4.38. The van der Waals surface area contributed by atoms with Gasteiger partial charge in [0.05, 0.1) is 6.04 Å². The van der Waals surface area contributed by atoms with Crippen LogP contribution in [0.1, 0.15) is 26.2 Å². The zero-order chi connectivity index (χ0) is 7.84. The second kappa shape index (κ2) is 2.46. The topological polar surface area (TPSA) is 29.4 Å². The molecule has 2 fully saturated rings. The van der Waals surface area contributed by atoms with Crippen molar-refractivity contribution in [3.05, 3.63) is 0 Å². The Labute approximate surface area is 66.7 Å². The molecule has 0 N–H and O–H groups in total. The van der Waals surface area contributed by atoms with Crippen molar-refractivity contribution in [1.82, 2.24) is 0 Å². The maximum absolute atomic E-state index is 10.0. The number of rotatable bonds is 1. The van der Waals surface area contributed by atoms with Gasteiger partial charge >= 0.3 is 0 Å². The summed E-state index contributed by atoms with van der Waals surface area (Å²) in [5.74, 6) is 2.43. The van der Waals surface area contributed by atoms with Crippen LogP contribution >= 0.6 is 0 Å². The second-order valence-electron chi connectivity index (χ2n) is 3.99. The molecule has 0 aromatic rings. The Morgan fingerprint density at radius 3 is 2.55 bits per heavy atom. The van der Waals surface area contributed by atoms with E-state index in [1.165, 1.54) is 12.8 Å². The Morgan fingerprint density at radius 2 is 2.09 bits per heavy atom. The highest BCUT2D eigenvalue weighted by molar-refractivity contribution is 5.34. The largest absolute Gasteiger partial charge is 0.235 e. The van der Waals surface area contributed by atoms with Crippen LogP contribution in [0.3, 0.4) is 0 Å². The van der Waals surface area contributed by atoms with Gasteiger partial charge in [0, 0.05) is 0 Å². The summed E-state index contributed by atoms with van der Waals surface area (Å²) in [5.41, 5.74) is 0. The first kappa shape index (κ1) is 7.05. The van der Waals surface area contributed by atoms with E-state index in [4.69, 9.17) is 0 Å². The van der Waals surface area contributed by atoms with Gasteiger partial charge in [0.25, 0.3) is 0 Å². The highest BCUT2D eigenvalue weighted by Crippen LogP contribution is 2.49. The molecule has 0 amide bonds. The normalized spacial score (nSPS) is 47.4. The summed E-state index contributed by atoms with van der Waals surface area (Å²) in [6, 6.07) is 0.327. The van der Waals surface area contributed by atoms with Crippen LogP contribution in [0.2, 0.25) is 0 Å². The van der Waals surface area contributed by atoms with Crippen molar-refractivity contribution >= 4 is 6.08 Å². The van der Waals surface area contributed by atoms with E-state index in [9.17, 15) is 4.79 Å². The Bertz CT molecular complexity index is 206. The first-order valence-corrected chi connectivity index (χ1v) is 4.38. The Morgan fingerprint density at radius 1 is 1.27 bits per heavy atom. The van der Waals surface area contributed by atoms with Gasteiger partial charge in [-0.25, -0.2) is 9.79 Å². The maximum atomic E-state index is 10.0. The van der Waals surface area contributed by atoms with Gasteiger partial charge in [-0.15, -0.1) is 0 Å². The molecule has 2 heteroatoms. The highest BCUT2D eigenvalue weighted by Gasteiger charge is 2.43. The molecule has 0 aromatic carbocycles. The smallest absolute Gasteiger partial charge is 0.211 e. The van der Waals surface area contributed by atoms with Gasteiger partial charge in [-0.05, 0) is 37.0 Å². The molecule has 0 aromatic heterocycles. The Hall–Kier alpha value is -0.620. The first-order chi connectivity index (χ1) is 5.31. The lowest BCUT2D eigenvalue weighted by atomic mass is 9.88. The molecule has 2 nitrogen and oxygen atoms in total. The number of isocyanates is 1. The van der Waals surface area contributed by atoms with Gasteiger partial charge in [0.15, 0.2) is 0 Å². The molecule has 2 aliphatic rings. The van der Waals surface area contributed by atoms with Crippen LogP contribution < -0.4 is 0 Å². The number of aliphatic imine (C=N–C) groups is 1. The summed E-state index contributed by atoms with van der Waals surface area (Å²) in [6.07, 6.45) is 5.41. The van der Waals surface area contributed by atoms with Crippen molar-refractivity contribution < 1.29 is 4.79 Å². The van der Waals surface area contributed by atoms with Gasteiger partial charge in [-0.2, -0.15) is 0 Å². The average Bonchev–Trinajstić information content (AvgIpc) is 2.47. The zero-order valence-corrected chi connectivity index (χ0v) is 6.79. The quantitative estimate of drug-likeness (QED) is 0.414. The van der Waals surface area contributed by atoms with E-state index >= 15 is 0 Å². The Kier molecular flexibility index (Phi) is 1.57. The van der Waals surface area contributed by atoms with Gasteiger partial charge in [-0.3, -0.25) is 0 Å². The predicted molar refractivity (Wildman–Crippen MR) is 41.9 cm³/mol. The lowest BCUT2D eigenvalue weighted by Crippen LogP contribution is -2.18. The predicted octanol–water partition coefficient (Wildman–Crippen LogP) is 1.76. The molecule has 2 aliphatic carbocycles. The molecule has 4 atom stereocenters. The average molecular weight is 151 g/mol. The third-order valence-corrected chi connectivity index (χ3v) is 3.39. The molecule has 0 spiro atoms. The van der Waals surface area contributed by atoms with E-state index in [2.05, 4.69) is 11.9 Å². The lowest BCUT2D eigenvalue weighted by molar-refractivity contribution is 0.328. The minimum absolute atomic E-state index is 0.327. The third kappa shape index (κ3) is 1.02. The molecule has 0 aliphatic heterocycles. The number of hydrogen-bond donors (Lipinski definition) is 0. The van der Waals surface area contributed by atoms with Crippen LogP contribution in [-0.2, 0) is 4.79 Å². The van der Waals surface area contributed by atoms with Crippen molar-refractivity contribution in [2.75, 3.05) is 0 Å². The van der Waals surface area contributed by atoms with E-state index in [-0.39, 0.29) is 0 Å². The highest BCUT2D eigenvalue weighted by atomic mass is 16.1. The molecule has 60 valence electrons. The fourth-order valence-corrected chi connectivity index (χ4v) is 2.76. The lowest BCUT2D eigenvalue weighted by Gasteiger charge is -2.20. The van der Waals surface area contributed by atoms with Crippen molar-refractivity contribution in [3.8, 4) is 0 Å². The monoisotopic (exact) mass is 151 g/mol. The molecule has 0 saturated heterocycles. The molecule has 0 radical (unpaired) electrons. The summed E-state index contributed by atoms with van der Waals surface area (Å²) >= 11 is 0. The summed E-state index contributed by atoms with van der Waals surface area (Å²) in [6.45, 7) is 2.31. The second-order valence-corrected chi connectivity index (χ2v) is 3.99. The standard InChI is InChI=1S/C9H13NO/c1-6-2-8-3-7(6)4-9(8)10-5-11/h6-9H,2-4H2,1H3. The van der Waals surface area contributed by atoms with E-state index in [1.807, 2.05) is 0 Å². The molecule has 2 saturated carbocycles. The number of nitrogens with zero attached hydrogens (tertiary/aromatic N) is 1. The van der Waals surface area contributed by atoms with Crippen LogP contribution in [0.15, 0.2) is 4.99 Å². The van der Waals surface area contributed by atoms with Gasteiger partial charge in [0.1, 0.15) is 0 Å². The van der Waals surface area contributed by atoms with Crippen LogP contribution in [0.4, 0.5) is 0 Å². The van der Waals surface area contributed by atoms with Crippen LogP contribution in [0, 0.1) is 17.8 Å². The van der Waals surface area contributed by atoms with Crippen molar-refractivity contribution in [2.45, 2.75) is 32.2 Å². The minimum Gasteiger partial charge on any atom is -0.211 e. The number of carbonyl (C=O) groups excluding carboxylic acids is 1. The van der Waals surface area contributed by atoms with E-state index in [1.54, 1.807) is 6.08 Å². The summed E-state index contributed by atoms with van der Waals surface area (Å²) in [4.78, 5) is 13.9. The van der Waals surface area contributed by atoms with Gasteiger partial charge in [0.2, 0.25) is 6.08 Å². The van der Waals surface area contributed by atoms with Crippen molar-refractivity contribution in [2.24, 2.45) is 22.7 Å². The van der Waals surface area contributed by atoms with E-state index in [0.717, 1.165) is 18.3 Å². The van der Waals surface area contributed by atoms with Crippen LogP contribution in [0.25, 0.3) is 0 Å². The van der Waals surface area contributed by atoms with Crippen LogP contribution in [0.5, 0.6) is 0 Å². The summed E-state index contributed by atoms with van der Waals surface area (Å²) < 4.78 is 0. The zero-order valence-electron chi connectivity index (χ0n) is 6.79. The Balaban J connectivity index is 2.08. The third-order valence-electron chi connectivity index (χ3n) is 3.39. The molecule has 4 unspecified atom stereocenters. The molecule has 2 rings (SSSR count). The van der Waals surface area contributed by atoms with E-state index < -0.39 is 0 Å².